The van der Waals surface area contributed by atoms with Crippen molar-refractivity contribution in [2.45, 2.75) is 0 Å². The fourth-order valence-corrected chi connectivity index (χ4v) is 3.04. The highest BCUT2D eigenvalue weighted by atomic mass is 35.5. The average Bonchev–Trinajstić information content (AvgIpc) is 3.05. The number of carbonyl (C=O) groups is 1. The molecule has 0 spiro atoms. The van der Waals surface area contributed by atoms with E-state index in [2.05, 4.69) is 15.1 Å². The van der Waals surface area contributed by atoms with Crippen molar-refractivity contribution in [1.29, 1.82) is 0 Å². The van der Waals surface area contributed by atoms with Crippen LogP contribution in [0.25, 0.3) is 5.69 Å². The molecule has 0 saturated carbocycles. The van der Waals surface area contributed by atoms with Crippen LogP contribution in [0, 0.1) is 0 Å². The number of hydrogen-bond donors (Lipinski definition) is 2. The lowest BCUT2D eigenvalue weighted by molar-refractivity contribution is 0.102. The van der Waals surface area contributed by atoms with Crippen LogP contribution in [0.15, 0.2) is 60.9 Å². The number of carbonyl (C=O) groups excluding carboxylic acids is 1. The van der Waals surface area contributed by atoms with Gasteiger partial charge in [0, 0.05) is 11.2 Å². The van der Waals surface area contributed by atoms with E-state index in [1.54, 1.807) is 48.7 Å². The summed E-state index contributed by atoms with van der Waals surface area (Å²) in [5.74, 6) is -0.416. The van der Waals surface area contributed by atoms with Crippen LogP contribution in [0.3, 0.4) is 0 Å². The van der Waals surface area contributed by atoms with E-state index >= 15 is 0 Å². The van der Waals surface area contributed by atoms with E-state index in [-0.39, 0.29) is 5.69 Å². The number of sulfonamides is 1. The molecule has 1 heterocycles. The summed E-state index contributed by atoms with van der Waals surface area (Å²) in [5.41, 5.74) is 1.67. The molecule has 1 amide bonds. The monoisotopic (exact) mass is 390 g/mol. The minimum absolute atomic E-state index is 0.283. The third kappa shape index (κ3) is 4.41. The number of hydrogen-bond acceptors (Lipinski definition) is 4. The number of nitrogens with one attached hydrogen (secondary N) is 2. The first-order valence-corrected chi connectivity index (χ1v) is 9.77. The number of amides is 1. The molecule has 26 heavy (non-hydrogen) atoms. The van der Waals surface area contributed by atoms with Crippen molar-refractivity contribution < 1.29 is 13.2 Å². The summed E-state index contributed by atoms with van der Waals surface area (Å²) < 4.78 is 26.8. The summed E-state index contributed by atoms with van der Waals surface area (Å²) >= 11 is 5.97. The van der Waals surface area contributed by atoms with E-state index in [0.29, 0.717) is 16.3 Å². The maximum absolute atomic E-state index is 12.5. The van der Waals surface area contributed by atoms with E-state index in [1.807, 2.05) is 6.07 Å². The third-order valence-corrected chi connectivity index (χ3v) is 4.21. The normalized spacial score (nSPS) is 11.2. The number of para-hydroxylation sites is 2. The zero-order valence-corrected chi connectivity index (χ0v) is 15.3. The van der Waals surface area contributed by atoms with Gasteiger partial charge in [-0.3, -0.25) is 9.52 Å². The second-order valence-electron chi connectivity index (χ2n) is 5.53. The molecule has 0 aliphatic carbocycles. The summed E-state index contributed by atoms with van der Waals surface area (Å²) in [4.78, 5) is 12.5. The van der Waals surface area contributed by atoms with Crippen molar-refractivity contribution in [3.8, 4) is 5.69 Å². The summed E-state index contributed by atoms with van der Waals surface area (Å²) in [6, 6.07) is 13.6. The third-order valence-electron chi connectivity index (χ3n) is 3.39. The Bertz CT molecular complexity index is 1060. The minimum Gasteiger partial charge on any atom is -0.320 e. The maximum Gasteiger partial charge on any atom is 0.258 e. The quantitative estimate of drug-likeness (QED) is 0.699. The first-order chi connectivity index (χ1) is 12.3. The van der Waals surface area contributed by atoms with Gasteiger partial charge < -0.3 is 5.32 Å². The standard InChI is InChI=1S/C17H15ClN4O3S/c1-26(24,25)21-16-8-3-2-7-15(16)20-17(23)12-10-19-22(11-12)14-6-4-5-13(18)9-14/h2-11,21H,1H3,(H,20,23). The molecule has 2 N–H and O–H groups in total. The molecule has 3 rings (SSSR count). The van der Waals surface area contributed by atoms with Crippen molar-refractivity contribution in [2.75, 3.05) is 16.3 Å². The molecule has 0 radical (unpaired) electrons. The summed E-state index contributed by atoms with van der Waals surface area (Å²) in [5, 5.41) is 7.40. The molecule has 1 aromatic heterocycles. The van der Waals surface area contributed by atoms with E-state index in [0.717, 1.165) is 11.9 Å². The first-order valence-electron chi connectivity index (χ1n) is 7.50. The van der Waals surface area contributed by atoms with Gasteiger partial charge in [-0.2, -0.15) is 5.10 Å². The van der Waals surface area contributed by atoms with Gasteiger partial charge in [-0.15, -0.1) is 0 Å². The topological polar surface area (TPSA) is 93.1 Å². The Morgan fingerprint density at radius 3 is 2.54 bits per heavy atom. The molecular weight excluding hydrogens is 376 g/mol. The Kier molecular flexibility index (Phi) is 4.97. The molecule has 0 aliphatic heterocycles. The number of benzene rings is 2. The Morgan fingerprint density at radius 2 is 1.85 bits per heavy atom. The van der Waals surface area contributed by atoms with Gasteiger partial charge in [0.1, 0.15) is 0 Å². The van der Waals surface area contributed by atoms with Gasteiger partial charge in [0.2, 0.25) is 10.0 Å². The first kappa shape index (κ1) is 18.0. The van der Waals surface area contributed by atoms with E-state index in [1.165, 1.54) is 10.9 Å². The number of anilines is 2. The Labute approximate surface area is 155 Å². The van der Waals surface area contributed by atoms with E-state index < -0.39 is 15.9 Å². The molecule has 0 aliphatic rings. The Balaban J connectivity index is 1.82. The highest BCUT2D eigenvalue weighted by molar-refractivity contribution is 7.92. The molecule has 3 aromatic rings. The molecule has 9 heteroatoms. The van der Waals surface area contributed by atoms with Crippen molar-refractivity contribution >= 4 is 38.9 Å². The molecule has 0 unspecified atom stereocenters. The molecule has 134 valence electrons. The zero-order valence-electron chi connectivity index (χ0n) is 13.7. The largest absolute Gasteiger partial charge is 0.320 e. The van der Waals surface area contributed by atoms with Crippen LogP contribution in [0.4, 0.5) is 11.4 Å². The van der Waals surface area contributed by atoms with Gasteiger partial charge in [0.05, 0.1) is 35.1 Å². The molecule has 0 fully saturated rings. The fourth-order valence-electron chi connectivity index (χ4n) is 2.28. The average molecular weight is 391 g/mol. The van der Waals surface area contributed by atoms with Crippen LogP contribution in [0.5, 0.6) is 0 Å². The predicted molar refractivity (Wildman–Crippen MR) is 101 cm³/mol. The maximum atomic E-state index is 12.5. The minimum atomic E-state index is -3.47. The van der Waals surface area contributed by atoms with Gasteiger partial charge in [0.15, 0.2) is 0 Å². The smallest absolute Gasteiger partial charge is 0.258 e. The molecular formula is C17H15ClN4O3S. The predicted octanol–water partition coefficient (Wildman–Crippen LogP) is 3.15. The summed E-state index contributed by atoms with van der Waals surface area (Å²) in [6.07, 6.45) is 4.02. The van der Waals surface area contributed by atoms with Crippen LogP contribution in [-0.4, -0.2) is 30.4 Å². The van der Waals surface area contributed by atoms with Crippen LogP contribution in [-0.2, 0) is 10.0 Å². The van der Waals surface area contributed by atoms with Crippen molar-refractivity contribution in [3.63, 3.8) is 0 Å². The molecule has 0 atom stereocenters. The van der Waals surface area contributed by atoms with Gasteiger partial charge in [-0.25, -0.2) is 13.1 Å². The van der Waals surface area contributed by atoms with Gasteiger partial charge >= 0.3 is 0 Å². The van der Waals surface area contributed by atoms with Crippen LogP contribution in [0.2, 0.25) is 5.02 Å². The number of halogens is 1. The van der Waals surface area contributed by atoms with E-state index in [9.17, 15) is 13.2 Å². The number of nitrogens with zero attached hydrogens (tertiary/aromatic N) is 2. The lowest BCUT2D eigenvalue weighted by atomic mass is 10.2. The Hall–Kier alpha value is -2.84. The molecule has 0 bridgehead atoms. The second-order valence-corrected chi connectivity index (χ2v) is 7.71. The van der Waals surface area contributed by atoms with Gasteiger partial charge in [-0.05, 0) is 30.3 Å². The van der Waals surface area contributed by atoms with Crippen LogP contribution in [0.1, 0.15) is 10.4 Å². The SMILES string of the molecule is CS(=O)(=O)Nc1ccccc1NC(=O)c1cnn(-c2cccc(Cl)c2)c1. The van der Waals surface area contributed by atoms with Crippen molar-refractivity contribution in [3.05, 3.63) is 71.5 Å². The zero-order chi connectivity index (χ0) is 18.7. The van der Waals surface area contributed by atoms with E-state index in [4.69, 9.17) is 11.6 Å². The molecule has 2 aromatic carbocycles. The van der Waals surface area contributed by atoms with Gasteiger partial charge in [-0.1, -0.05) is 29.8 Å². The molecule has 7 nitrogen and oxygen atoms in total. The summed E-state index contributed by atoms with van der Waals surface area (Å²) in [7, 11) is -3.47. The van der Waals surface area contributed by atoms with Crippen molar-refractivity contribution in [2.24, 2.45) is 0 Å². The highest BCUT2D eigenvalue weighted by Gasteiger charge is 2.13. The number of aromatic nitrogens is 2. The van der Waals surface area contributed by atoms with Crippen LogP contribution >= 0.6 is 11.6 Å². The van der Waals surface area contributed by atoms with Crippen LogP contribution < -0.4 is 10.0 Å². The number of rotatable bonds is 5. The summed E-state index contributed by atoms with van der Waals surface area (Å²) in [6.45, 7) is 0. The highest BCUT2D eigenvalue weighted by Crippen LogP contribution is 2.23. The second kappa shape index (κ2) is 7.19. The fraction of sp³-hybridized carbons (Fsp3) is 0.0588. The lowest BCUT2D eigenvalue weighted by Gasteiger charge is -2.11. The lowest BCUT2D eigenvalue weighted by Crippen LogP contribution is -2.15. The van der Waals surface area contributed by atoms with Crippen molar-refractivity contribution in [1.82, 2.24) is 9.78 Å². The Morgan fingerprint density at radius 1 is 1.12 bits per heavy atom. The van der Waals surface area contributed by atoms with Gasteiger partial charge in [0.25, 0.3) is 5.91 Å². The molecule has 0 saturated heterocycles.